The van der Waals surface area contributed by atoms with Crippen LogP contribution in [0.15, 0.2) is 0 Å². The molecule has 19 heavy (non-hydrogen) atoms. The van der Waals surface area contributed by atoms with E-state index >= 15 is 0 Å². The Kier molecular flexibility index (Phi) is 8.01. The van der Waals surface area contributed by atoms with Crippen molar-refractivity contribution in [2.24, 2.45) is 11.8 Å². The van der Waals surface area contributed by atoms with Crippen molar-refractivity contribution in [3.63, 3.8) is 0 Å². The number of hydrogen-bond acceptors (Lipinski definition) is 2. The molecule has 0 spiro atoms. The molecule has 0 radical (unpaired) electrons. The van der Waals surface area contributed by atoms with E-state index in [-0.39, 0.29) is 0 Å². The molecule has 1 fully saturated rings. The lowest BCUT2D eigenvalue weighted by molar-refractivity contribution is 0.0934. The first kappa shape index (κ1) is 17.0. The monoisotopic (exact) mass is 268 g/mol. The van der Waals surface area contributed by atoms with Crippen LogP contribution in [0.3, 0.4) is 0 Å². The topological polar surface area (TPSA) is 15.3 Å². The average molecular weight is 268 g/mol. The highest BCUT2D eigenvalue weighted by atomic mass is 15.2. The molecule has 1 aliphatic rings. The zero-order valence-corrected chi connectivity index (χ0v) is 13.9. The maximum Gasteiger partial charge on any atom is 0.0244 e. The molecule has 114 valence electrons. The fourth-order valence-electron chi connectivity index (χ4n) is 3.22. The van der Waals surface area contributed by atoms with Crippen LogP contribution in [0.5, 0.6) is 0 Å². The molecule has 0 saturated carbocycles. The third-order valence-corrected chi connectivity index (χ3v) is 4.42. The molecule has 2 unspecified atom stereocenters. The van der Waals surface area contributed by atoms with Crippen molar-refractivity contribution in [3.05, 3.63) is 0 Å². The second-order valence-electron chi connectivity index (χ2n) is 7.09. The Morgan fingerprint density at radius 3 is 2.47 bits per heavy atom. The second-order valence-corrected chi connectivity index (χ2v) is 7.09. The van der Waals surface area contributed by atoms with Gasteiger partial charge < -0.3 is 5.32 Å². The summed E-state index contributed by atoms with van der Waals surface area (Å²) in [5, 5.41) is 3.75. The van der Waals surface area contributed by atoms with Crippen LogP contribution in [-0.4, -0.2) is 36.6 Å². The summed E-state index contributed by atoms with van der Waals surface area (Å²) in [6, 6.07) is 1.47. The normalized spacial score (nSPS) is 25.4. The molecule has 2 atom stereocenters. The summed E-state index contributed by atoms with van der Waals surface area (Å²) in [6.07, 6.45) is 6.78. The van der Waals surface area contributed by atoms with Crippen LogP contribution in [0.2, 0.25) is 0 Å². The lowest BCUT2D eigenvalue weighted by atomic mass is 9.96. The van der Waals surface area contributed by atoms with Crippen LogP contribution in [0.1, 0.15) is 66.7 Å². The molecule has 0 aromatic heterocycles. The molecular formula is C17H36N2. The van der Waals surface area contributed by atoms with Crippen molar-refractivity contribution in [1.29, 1.82) is 0 Å². The summed E-state index contributed by atoms with van der Waals surface area (Å²) in [5.41, 5.74) is 0. The molecule has 2 heteroatoms. The first-order valence-electron chi connectivity index (χ1n) is 8.52. The third-order valence-electron chi connectivity index (χ3n) is 4.42. The van der Waals surface area contributed by atoms with Gasteiger partial charge in [0.1, 0.15) is 0 Å². The average Bonchev–Trinajstić information content (AvgIpc) is 2.34. The van der Waals surface area contributed by atoms with Crippen molar-refractivity contribution in [2.75, 3.05) is 19.6 Å². The number of unbranched alkanes of at least 4 members (excludes halogenated alkanes) is 1. The van der Waals surface area contributed by atoms with Crippen LogP contribution < -0.4 is 5.32 Å². The van der Waals surface area contributed by atoms with Crippen LogP contribution in [0, 0.1) is 11.8 Å². The Labute approximate surface area is 121 Å². The van der Waals surface area contributed by atoms with Crippen molar-refractivity contribution in [1.82, 2.24) is 10.2 Å². The smallest absolute Gasteiger partial charge is 0.0244 e. The van der Waals surface area contributed by atoms with Gasteiger partial charge in [-0.3, -0.25) is 4.90 Å². The lowest BCUT2D eigenvalue weighted by Crippen LogP contribution is -2.58. The highest BCUT2D eigenvalue weighted by molar-refractivity contribution is 4.87. The molecule has 1 saturated heterocycles. The second kappa shape index (κ2) is 8.97. The fraction of sp³-hybridized carbons (Fsp3) is 1.00. The van der Waals surface area contributed by atoms with Crippen LogP contribution in [0.4, 0.5) is 0 Å². The first-order chi connectivity index (χ1) is 9.04. The fourth-order valence-corrected chi connectivity index (χ4v) is 3.22. The van der Waals surface area contributed by atoms with Gasteiger partial charge in [0.25, 0.3) is 0 Å². The number of hydrogen-bond donors (Lipinski definition) is 1. The Morgan fingerprint density at radius 2 is 1.89 bits per heavy atom. The van der Waals surface area contributed by atoms with E-state index < -0.39 is 0 Å². The number of nitrogens with zero attached hydrogens (tertiary/aromatic N) is 1. The van der Waals surface area contributed by atoms with Gasteiger partial charge in [0, 0.05) is 25.2 Å². The quantitative estimate of drug-likeness (QED) is 0.671. The van der Waals surface area contributed by atoms with Crippen molar-refractivity contribution in [3.8, 4) is 0 Å². The van der Waals surface area contributed by atoms with E-state index in [1.54, 1.807) is 0 Å². The van der Waals surface area contributed by atoms with Gasteiger partial charge in [0.05, 0.1) is 0 Å². The van der Waals surface area contributed by atoms with Gasteiger partial charge in [-0.05, 0) is 31.2 Å². The first-order valence-corrected chi connectivity index (χ1v) is 8.52. The maximum absolute atomic E-state index is 3.75. The summed E-state index contributed by atoms with van der Waals surface area (Å²) >= 11 is 0. The molecule has 0 aliphatic carbocycles. The molecular weight excluding hydrogens is 232 g/mol. The standard InChI is InChI=1S/C17H36N2/c1-6-9-16-13-19(11-8-7-10-14(2)3)17(12-18-16)15(4)5/h14-18H,6-13H2,1-5H3. The molecule has 1 rings (SSSR count). The van der Waals surface area contributed by atoms with E-state index in [1.807, 2.05) is 0 Å². The van der Waals surface area contributed by atoms with E-state index in [1.165, 1.54) is 51.7 Å². The number of rotatable bonds is 8. The van der Waals surface area contributed by atoms with E-state index in [4.69, 9.17) is 0 Å². The highest BCUT2D eigenvalue weighted by Gasteiger charge is 2.28. The SMILES string of the molecule is CCCC1CN(CCCCC(C)C)C(C(C)C)CN1. The Hall–Kier alpha value is -0.0800. The molecule has 0 aromatic carbocycles. The Balaban J connectivity index is 2.38. The van der Waals surface area contributed by atoms with E-state index in [9.17, 15) is 0 Å². The lowest BCUT2D eigenvalue weighted by Gasteiger charge is -2.42. The summed E-state index contributed by atoms with van der Waals surface area (Å²) < 4.78 is 0. The van der Waals surface area contributed by atoms with Gasteiger partial charge in [-0.1, -0.05) is 53.9 Å². The molecule has 0 bridgehead atoms. The summed E-state index contributed by atoms with van der Waals surface area (Å²) in [4.78, 5) is 2.77. The molecule has 1 aliphatic heterocycles. The third kappa shape index (κ3) is 6.27. The van der Waals surface area contributed by atoms with Gasteiger partial charge in [0.2, 0.25) is 0 Å². The van der Waals surface area contributed by atoms with Crippen molar-refractivity contribution in [2.45, 2.75) is 78.8 Å². The molecule has 0 amide bonds. The Morgan fingerprint density at radius 1 is 1.16 bits per heavy atom. The predicted octanol–water partition coefficient (Wildman–Crippen LogP) is 3.91. The van der Waals surface area contributed by atoms with Crippen LogP contribution in [-0.2, 0) is 0 Å². The highest BCUT2D eigenvalue weighted by Crippen LogP contribution is 2.18. The molecule has 2 nitrogen and oxygen atoms in total. The van der Waals surface area contributed by atoms with Gasteiger partial charge in [-0.15, -0.1) is 0 Å². The number of piperazine rings is 1. The van der Waals surface area contributed by atoms with E-state index in [0.29, 0.717) is 0 Å². The summed E-state index contributed by atoms with van der Waals surface area (Å²) in [5.74, 6) is 1.62. The summed E-state index contributed by atoms with van der Waals surface area (Å²) in [7, 11) is 0. The zero-order chi connectivity index (χ0) is 14.3. The maximum atomic E-state index is 3.75. The van der Waals surface area contributed by atoms with Gasteiger partial charge in [-0.2, -0.15) is 0 Å². The summed E-state index contributed by atoms with van der Waals surface area (Å²) in [6.45, 7) is 15.4. The zero-order valence-electron chi connectivity index (χ0n) is 13.9. The minimum Gasteiger partial charge on any atom is -0.311 e. The number of nitrogens with one attached hydrogen (secondary N) is 1. The van der Waals surface area contributed by atoms with E-state index in [2.05, 4.69) is 44.8 Å². The molecule has 1 N–H and O–H groups in total. The molecule has 0 aromatic rings. The van der Waals surface area contributed by atoms with Crippen molar-refractivity contribution < 1.29 is 0 Å². The molecule has 1 heterocycles. The predicted molar refractivity (Wildman–Crippen MR) is 85.6 cm³/mol. The van der Waals surface area contributed by atoms with Gasteiger partial charge >= 0.3 is 0 Å². The largest absolute Gasteiger partial charge is 0.311 e. The van der Waals surface area contributed by atoms with Crippen molar-refractivity contribution >= 4 is 0 Å². The van der Waals surface area contributed by atoms with Crippen LogP contribution in [0.25, 0.3) is 0 Å². The minimum absolute atomic E-state index is 0.727. The minimum atomic E-state index is 0.727. The van der Waals surface area contributed by atoms with E-state index in [0.717, 1.165) is 23.9 Å². The van der Waals surface area contributed by atoms with Gasteiger partial charge in [-0.25, -0.2) is 0 Å². The Bertz CT molecular complexity index is 225. The van der Waals surface area contributed by atoms with Gasteiger partial charge in [0.15, 0.2) is 0 Å². The van der Waals surface area contributed by atoms with Crippen LogP contribution >= 0.6 is 0 Å².